The van der Waals surface area contributed by atoms with Gasteiger partial charge in [0.15, 0.2) is 0 Å². The number of urea groups is 1. The number of rotatable bonds is 5. The van der Waals surface area contributed by atoms with Gasteiger partial charge in [-0.05, 0) is 25.8 Å². The second-order valence-electron chi connectivity index (χ2n) is 5.55. The molecule has 0 unspecified atom stereocenters. The quantitative estimate of drug-likeness (QED) is 0.683. The molecule has 0 saturated carbocycles. The van der Waals surface area contributed by atoms with Gasteiger partial charge in [0.25, 0.3) is 0 Å². The van der Waals surface area contributed by atoms with Gasteiger partial charge in [-0.3, -0.25) is 10.1 Å². The standard InChI is InChI=1S/C16H18N4O5S/c1-3-24-15(22)10-8(2)11(13-18-6-7-25-13)26-14(10)20-16(23)19-9-4-5-17-12(9)21/h6-7,9H,3-5H2,1-2H3,(H,17,21)(H2,19,20,23)/t9-/m1/s1. The molecule has 3 heterocycles. The highest BCUT2D eigenvalue weighted by Gasteiger charge is 2.28. The smallest absolute Gasteiger partial charge is 0.341 e. The van der Waals surface area contributed by atoms with Gasteiger partial charge in [-0.1, -0.05) is 0 Å². The molecule has 138 valence electrons. The fourth-order valence-electron chi connectivity index (χ4n) is 2.62. The summed E-state index contributed by atoms with van der Waals surface area (Å²) in [6.45, 7) is 4.16. The minimum atomic E-state index is -0.590. The number of hydrogen-bond donors (Lipinski definition) is 3. The Labute approximate surface area is 153 Å². The monoisotopic (exact) mass is 378 g/mol. The minimum absolute atomic E-state index is 0.205. The first-order valence-corrected chi connectivity index (χ1v) is 8.88. The third-order valence-corrected chi connectivity index (χ3v) is 5.03. The molecular formula is C16H18N4O5S. The van der Waals surface area contributed by atoms with Crippen LogP contribution in [0.5, 0.6) is 0 Å². The Morgan fingerprint density at radius 2 is 2.31 bits per heavy atom. The molecule has 1 fully saturated rings. The third-order valence-electron chi connectivity index (χ3n) is 3.83. The van der Waals surface area contributed by atoms with Crippen molar-refractivity contribution in [2.45, 2.75) is 26.3 Å². The first-order valence-electron chi connectivity index (χ1n) is 8.06. The van der Waals surface area contributed by atoms with Crippen molar-refractivity contribution in [2.24, 2.45) is 0 Å². The summed E-state index contributed by atoms with van der Waals surface area (Å²) in [5.41, 5.74) is 0.848. The summed E-state index contributed by atoms with van der Waals surface area (Å²) < 4.78 is 10.4. The second-order valence-corrected chi connectivity index (χ2v) is 6.57. The van der Waals surface area contributed by atoms with Crippen molar-refractivity contribution in [3.63, 3.8) is 0 Å². The molecule has 1 aliphatic heterocycles. The summed E-state index contributed by atoms with van der Waals surface area (Å²) in [6, 6.07) is -1.16. The molecule has 0 aliphatic carbocycles. The van der Waals surface area contributed by atoms with E-state index >= 15 is 0 Å². The van der Waals surface area contributed by atoms with Gasteiger partial charge in [0, 0.05) is 6.54 Å². The summed E-state index contributed by atoms with van der Waals surface area (Å²) >= 11 is 1.16. The summed E-state index contributed by atoms with van der Waals surface area (Å²) in [5.74, 6) is -0.428. The zero-order valence-electron chi connectivity index (χ0n) is 14.3. The van der Waals surface area contributed by atoms with Crippen molar-refractivity contribution < 1.29 is 23.5 Å². The van der Waals surface area contributed by atoms with Crippen molar-refractivity contribution in [1.29, 1.82) is 0 Å². The highest BCUT2D eigenvalue weighted by molar-refractivity contribution is 7.20. The molecule has 2 aromatic heterocycles. The van der Waals surface area contributed by atoms with E-state index in [4.69, 9.17) is 9.15 Å². The average Bonchev–Trinajstić information content (AvgIpc) is 3.30. The number of nitrogens with one attached hydrogen (secondary N) is 3. The van der Waals surface area contributed by atoms with Crippen molar-refractivity contribution in [1.82, 2.24) is 15.6 Å². The lowest BCUT2D eigenvalue weighted by atomic mass is 10.1. The highest BCUT2D eigenvalue weighted by Crippen LogP contribution is 2.39. The first-order chi connectivity index (χ1) is 12.5. The van der Waals surface area contributed by atoms with Crippen LogP contribution < -0.4 is 16.0 Å². The van der Waals surface area contributed by atoms with Gasteiger partial charge in [-0.15, -0.1) is 11.3 Å². The number of oxazole rings is 1. The lowest BCUT2D eigenvalue weighted by molar-refractivity contribution is -0.120. The number of carbonyl (C=O) groups excluding carboxylic acids is 3. The molecule has 9 nitrogen and oxygen atoms in total. The second kappa shape index (κ2) is 7.56. The van der Waals surface area contributed by atoms with Gasteiger partial charge >= 0.3 is 12.0 Å². The highest BCUT2D eigenvalue weighted by atomic mass is 32.1. The number of carbonyl (C=O) groups is 3. The number of aromatic nitrogens is 1. The van der Waals surface area contributed by atoms with E-state index in [1.807, 2.05) is 0 Å². The van der Waals surface area contributed by atoms with Gasteiger partial charge in [-0.25, -0.2) is 14.6 Å². The normalized spacial score (nSPS) is 16.2. The average molecular weight is 378 g/mol. The largest absolute Gasteiger partial charge is 0.462 e. The molecule has 0 radical (unpaired) electrons. The van der Waals surface area contributed by atoms with Gasteiger partial charge in [0.2, 0.25) is 11.8 Å². The molecule has 3 rings (SSSR count). The Kier molecular flexibility index (Phi) is 5.21. The molecular weight excluding hydrogens is 360 g/mol. The van der Waals surface area contributed by atoms with Crippen LogP contribution in [0.3, 0.4) is 0 Å². The number of thiophene rings is 1. The Hall–Kier alpha value is -2.88. The zero-order valence-corrected chi connectivity index (χ0v) is 15.1. The molecule has 1 saturated heterocycles. The van der Waals surface area contributed by atoms with E-state index < -0.39 is 18.0 Å². The molecule has 0 bridgehead atoms. The van der Waals surface area contributed by atoms with Crippen molar-refractivity contribution >= 4 is 34.2 Å². The summed E-state index contributed by atoms with van der Waals surface area (Å²) in [4.78, 5) is 40.9. The van der Waals surface area contributed by atoms with Crippen molar-refractivity contribution in [3.05, 3.63) is 23.6 Å². The van der Waals surface area contributed by atoms with E-state index in [1.54, 1.807) is 13.8 Å². The maximum absolute atomic E-state index is 12.3. The van der Waals surface area contributed by atoms with Gasteiger partial charge in [0.1, 0.15) is 17.3 Å². The van der Waals surface area contributed by atoms with Gasteiger partial charge < -0.3 is 19.8 Å². The SMILES string of the molecule is CCOC(=O)c1c(NC(=O)N[C@@H]2CCNC2=O)sc(-c2ncco2)c1C. The molecule has 1 atom stereocenters. The van der Waals surface area contributed by atoms with Crippen molar-refractivity contribution in [2.75, 3.05) is 18.5 Å². The minimum Gasteiger partial charge on any atom is -0.462 e. The van der Waals surface area contributed by atoms with Crippen LogP contribution in [0.15, 0.2) is 16.9 Å². The van der Waals surface area contributed by atoms with Crippen LogP contribution >= 0.6 is 11.3 Å². The maximum Gasteiger partial charge on any atom is 0.341 e. The van der Waals surface area contributed by atoms with Crippen LogP contribution in [0.25, 0.3) is 10.8 Å². The Morgan fingerprint density at radius 3 is 2.92 bits per heavy atom. The van der Waals surface area contributed by atoms with Crippen LogP contribution in [0.2, 0.25) is 0 Å². The van der Waals surface area contributed by atoms with Crippen LogP contribution in [0.4, 0.5) is 9.80 Å². The van der Waals surface area contributed by atoms with Gasteiger partial charge in [-0.2, -0.15) is 0 Å². The molecule has 26 heavy (non-hydrogen) atoms. The number of hydrogen-bond acceptors (Lipinski definition) is 7. The fourth-order valence-corrected chi connectivity index (χ4v) is 3.75. The Balaban J connectivity index is 1.86. The maximum atomic E-state index is 12.3. The molecule has 2 aromatic rings. The van der Waals surface area contributed by atoms with E-state index in [2.05, 4.69) is 20.9 Å². The molecule has 1 aliphatic rings. The number of amides is 3. The van der Waals surface area contributed by atoms with E-state index in [0.29, 0.717) is 34.3 Å². The van der Waals surface area contributed by atoms with Crippen LogP contribution in [-0.4, -0.2) is 42.1 Å². The predicted molar refractivity (Wildman–Crippen MR) is 94.1 cm³/mol. The number of esters is 1. The van der Waals surface area contributed by atoms with Crippen LogP contribution in [-0.2, 0) is 9.53 Å². The lowest BCUT2D eigenvalue weighted by Crippen LogP contribution is -2.42. The Morgan fingerprint density at radius 1 is 1.50 bits per heavy atom. The van der Waals surface area contributed by atoms with E-state index in [0.717, 1.165) is 11.3 Å². The third kappa shape index (κ3) is 3.54. The number of anilines is 1. The summed E-state index contributed by atoms with van der Waals surface area (Å²) in [6.07, 6.45) is 3.44. The molecule has 3 N–H and O–H groups in total. The number of ether oxygens (including phenoxy) is 1. The molecule has 0 spiro atoms. The van der Waals surface area contributed by atoms with Crippen LogP contribution in [0.1, 0.15) is 29.3 Å². The van der Waals surface area contributed by atoms with E-state index in [-0.39, 0.29) is 18.1 Å². The molecule has 3 amide bonds. The molecule has 0 aromatic carbocycles. The number of nitrogens with zero attached hydrogens (tertiary/aromatic N) is 1. The summed E-state index contributed by atoms with van der Waals surface area (Å²) in [5, 5.41) is 8.18. The Bertz CT molecular complexity index is 830. The topological polar surface area (TPSA) is 123 Å². The molecule has 10 heteroatoms. The lowest BCUT2D eigenvalue weighted by Gasteiger charge is -2.11. The van der Waals surface area contributed by atoms with E-state index in [9.17, 15) is 14.4 Å². The first kappa shape index (κ1) is 17.9. The van der Waals surface area contributed by atoms with Crippen LogP contribution in [0, 0.1) is 6.92 Å². The van der Waals surface area contributed by atoms with Crippen molar-refractivity contribution in [3.8, 4) is 10.8 Å². The zero-order chi connectivity index (χ0) is 18.7. The predicted octanol–water partition coefficient (Wildman–Crippen LogP) is 1.90. The fraction of sp³-hybridized carbons (Fsp3) is 0.375. The van der Waals surface area contributed by atoms with Gasteiger partial charge in [0.05, 0.1) is 23.2 Å². The van der Waals surface area contributed by atoms with E-state index in [1.165, 1.54) is 12.5 Å². The summed E-state index contributed by atoms with van der Waals surface area (Å²) in [7, 11) is 0.